The van der Waals surface area contributed by atoms with Crippen LogP contribution < -0.4 is 9.80 Å². The molecule has 0 radical (unpaired) electrons. The van der Waals surface area contributed by atoms with Gasteiger partial charge in [0.1, 0.15) is 0 Å². The van der Waals surface area contributed by atoms with Crippen LogP contribution in [0.15, 0.2) is 273 Å². The van der Waals surface area contributed by atoms with Crippen LogP contribution in [-0.4, -0.2) is 13.7 Å². The first-order chi connectivity index (χ1) is 37.2. The monoisotopic (exact) mass is 955 g/mol. The molecule has 0 amide bonds. The molecule has 3 heterocycles. The lowest BCUT2D eigenvalue weighted by atomic mass is 9.99. The van der Waals surface area contributed by atoms with Crippen LogP contribution in [0, 0.1) is 0 Å². The Hall–Kier alpha value is -10.1. The third-order valence-electron chi connectivity index (χ3n) is 15.7. The van der Waals surface area contributed by atoms with E-state index in [1.165, 1.54) is 75.9 Å². The second-order valence-electron chi connectivity index (χ2n) is 19.7. The van der Waals surface area contributed by atoms with Crippen molar-refractivity contribution in [3.05, 3.63) is 273 Å². The molecule has 0 aliphatic rings. The summed E-state index contributed by atoms with van der Waals surface area (Å²) in [6.45, 7) is 0. The molecule has 0 fully saturated rings. The van der Waals surface area contributed by atoms with Gasteiger partial charge in [0.05, 0.1) is 44.5 Å². The van der Waals surface area contributed by atoms with E-state index in [2.05, 4.69) is 296 Å². The minimum absolute atomic E-state index is 1.09. The van der Waals surface area contributed by atoms with Crippen LogP contribution in [0.2, 0.25) is 0 Å². The molecule has 0 saturated carbocycles. The van der Waals surface area contributed by atoms with Gasteiger partial charge in [-0.1, -0.05) is 140 Å². The van der Waals surface area contributed by atoms with E-state index in [9.17, 15) is 0 Å². The Balaban J connectivity index is 0.843. The highest BCUT2D eigenvalue weighted by molar-refractivity contribution is 6.28. The van der Waals surface area contributed by atoms with Crippen LogP contribution in [0.1, 0.15) is 0 Å². The molecule has 75 heavy (non-hydrogen) atoms. The standard InChI is InChI=1S/C70H45N5/c1-5-19-48(20-6-1)71(60-41-43-65-69-56(60)38-31-46-17-15-29-63(67(46)69)74(65)50-23-9-3-10-24-50)52-33-35-53(36-34-52)73-59-28-14-13-27-55(59)58-45-54(37-40-62(58)73)72(49-21-7-2-8-22-49)61-42-44-66-70-57(61)39-32-47-18-16-30-64(68(47)70)75(66)51-25-11-4-12-26-51/h1-45H. The summed E-state index contributed by atoms with van der Waals surface area (Å²) >= 11 is 0. The van der Waals surface area contributed by atoms with Gasteiger partial charge in [0.15, 0.2) is 0 Å². The highest BCUT2D eigenvalue weighted by atomic mass is 15.2. The van der Waals surface area contributed by atoms with Crippen molar-refractivity contribution in [3.63, 3.8) is 0 Å². The van der Waals surface area contributed by atoms with E-state index in [1.54, 1.807) is 0 Å². The van der Waals surface area contributed by atoms with Gasteiger partial charge in [-0.3, -0.25) is 0 Å². The fourth-order valence-electron chi connectivity index (χ4n) is 12.6. The van der Waals surface area contributed by atoms with Crippen molar-refractivity contribution < 1.29 is 0 Å². The van der Waals surface area contributed by atoms with Gasteiger partial charge >= 0.3 is 0 Å². The van der Waals surface area contributed by atoms with Gasteiger partial charge in [-0.25, -0.2) is 0 Å². The summed E-state index contributed by atoms with van der Waals surface area (Å²) in [6.07, 6.45) is 0. The van der Waals surface area contributed by atoms with Crippen LogP contribution in [0.25, 0.3) is 104 Å². The normalized spacial score (nSPS) is 12.0. The lowest BCUT2D eigenvalue weighted by Gasteiger charge is -2.27. The Morgan fingerprint density at radius 2 is 0.600 bits per heavy atom. The second kappa shape index (κ2) is 16.2. The zero-order chi connectivity index (χ0) is 49.1. The largest absolute Gasteiger partial charge is 0.310 e. The zero-order valence-corrected chi connectivity index (χ0v) is 40.7. The molecule has 0 aliphatic heterocycles. The third kappa shape index (κ3) is 6.13. The second-order valence-corrected chi connectivity index (χ2v) is 19.7. The number of aromatic nitrogens is 3. The van der Waals surface area contributed by atoms with Gasteiger partial charge in [0.2, 0.25) is 0 Å². The molecule has 13 aromatic carbocycles. The van der Waals surface area contributed by atoms with E-state index in [0.717, 1.165) is 62.2 Å². The third-order valence-corrected chi connectivity index (χ3v) is 15.7. The van der Waals surface area contributed by atoms with E-state index in [4.69, 9.17) is 0 Å². The molecule has 0 atom stereocenters. The molecule has 350 valence electrons. The van der Waals surface area contributed by atoms with Gasteiger partial charge in [-0.15, -0.1) is 0 Å². The SMILES string of the molecule is c1ccc(N(c2ccc(-n3c4ccccc4c4cc(N(c5ccccc5)c5ccc6c7c5ccc5cccc(c57)n6-c5ccccc5)ccc43)cc2)c2ccc3c4c2ccc2cccc(c24)n3-c2ccccc2)cc1. The topological polar surface area (TPSA) is 21.3 Å². The number of para-hydroxylation sites is 5. The van der Waals surface area contributed by atoms with Gasteiger partial charge in [0, 0.05) is 82.9 Å². The Kier molecular flexibility index (Phi) is 8.97. The molecule has 0 aliphatic carbocycles. The Bertz CT molecular complexity index is 4800. The number of nitrogens with zero attached hydrogens (tertiary/aromatic N) is 5. The van der Waals surface area contributed by atoms with Gasteiger partial charge in [-0.2, -0.15) is 0 Å². The molecule has 5 nitrogen and oxygen atoms in total. The summed E-state index contributed by atoms with van der Waals surface area (Å²) in [4.78, 5) is 4.86. The molecule has 0 spiro atoms. The number of fused-ring (bicyclic) bond motifs is 3. The summed E-state index contributed by atoms with van der Waals surface area (Å²) in [5.41, 5.74) is 17.2. The average molecular weight is 956 g/mol. The lowest BCUT2D eigenvalue weighted by molar-refractivity contribution is 1.17. The fraction of sp³-hybridized carbons (Fsp3) is 0. The number of rotatable bonds is 9. The van der Waals surface area contributed by atoms with Crippen molar-refractivity contribution in [1.82, 2.24) is 13.7 Å². The first kappa shape index (κ1) is 41.5. The molecule has 0 unspecified atom stereocenters. The molecule has 0 saturated heterocycles. The predicted molar refractivity (Wildman–Crippen MR) is 316 cm³/mol. The maximum atomic E-state index is 2.44. The van der Waals surface area contributed by atoms with Crippen molar-refractivity contribution in [2.45, 2.75) is 0 Å². The van der Waals surface area contributed by atoms with Crippen molar-refractivity contribution in [2.24, 2.45) is 0 Å². The minimum atomic E-state index is 1.09. The first-order valence-electron chi connectivity index (χ1n) is 25.8. The molecule has 5 heteroatoms. The van der Waals surface area contributed by atoms with Crippen molar-refractivity contribution >= 4 is 121 Å². The summed E-state index contributed by atoms with van der Waals surface area (Å²) in [5, 5.41) is 12.4. The van der Waals surface area contributed by atoms with Gasteiger partial charge in [-0.05, 0) is 144 Å². The fourth-order valence-corrected chi connectivity index (χ4v) is 12.6. The van der Waals surface area contributed by atoms with Crippen molar-refractivity contribution in [2.75, 3.05) is 9.80 Å². The average Bonchev–Trinajstić information content (AvgIpc) is 4.13. The van der Waals surface area contributed by atoms with E-state index < -0.39 is 0 Å². The Morgan fingerprint density at radius 1 is 0.213 bits per heavy atom. The van der Waals surface area contributed by atoms with E-state index in [0.29, 0.717) is 0 Å². The molecule has 0 bridgehead atoms. The maximum Gasteiger partial charge on any atom is 0.0548 e. The summed E-state index contributed by atoms with van der Waals surface area (Å²) in [6, 6.07) is 99.9. The van der Waals surface area contributed by atoms with E-state index in [1.807, 2.05) is 0 Å². The number of hydrogen-bond acceptors (Lipinski definition) is 2. The lowest BCUT2D eigenvalue weighted by Crippen LogP contribution is -2.11. The zero-order valence-electron chi connectivity index (χ0n) is 40.7. The van der Waals surface area contributed by atoms with E-state index in [-0.39, 0.29) is 0 Å². The van der Waals surface area contributed by atoms with E-state index >= 15 is 0 Å². The number of benzene rings is 13. The highest BCUT2D eigenvalue weighted by Gasteiger charge is 2.25. The first-order valence-corrected chi connectivity index (χ1v) is 25.8. The highest BCUT2D eigenvalue weighted by Crippen LogP contribution is 2.49. The van der Waals surface area contributed by atoms with Crippen LogP contribution in [0.4, 0.5) is 34.1 Å². The van der Waals surface area contributed by atoms with Crippen molar-refractivity contribution in [1.29, 1.82) is 0 Å². The smallest absolute Gasteiger partial charge is 0.0548 e. The predicted octanol–water partition coefficient (Wildman–Crippen LogP) is 19.1. The van der Waals surface area contributed by atoms with Crippen LogP contribution in [0.5, 0.6) is 0 Å². The molecule has 16 rings (SSSR count). The molecule has 0 N–H and O–H groups in total. The Labute approximate surface area is 432 Å². The number of hydrogen-bond donors (Lipinski definition) is 0. The Morgan fingerprint density at radius 3 is 1.15 bits per heavy atom. The van der Waals surface area contributed by atoms with Gasteiger partial charge < -0.3 is 23.5 Å². The molecule has 3 aromatic heterocycles. The molecular weight excluding hydrogens is 911 g/mol. The van der Waals surface area contributed by atoms with Crippen molar-refractivity contribution in [3.8, 4) is 17.1 Å². The summed E-state index contributed by atoms with van der Waals surface area (Å²) < 4.78 is 7.26. The summed E-state index contributed by atoms with van der Waals surface area (Å²) in [7, 11) is 0. The number of anilines is 6. The quantitative estimate of drug-likeness (QED) is 0.134. The summed E-state index contributed by atoms with van der Waals surface area (Å²) in [5.74, 6) is 0. The van der Waals surface area contributed by atoms with Crippen LogP contribution in [-0.2, 0) is 0 Å². The molecular formula is C70H45N5. The van der Waals surface area contributed by atoms with Gasteiger partial charge in [0.25, 0.3) is 0 Å². The maximum absolute atomic E-state index is 2.44. The molecule has 16 aromatic rings. The van der Waals surface area contributed by atoms with Crippen LogP contribution >= 0.6 is 0 Å². The van der Waals surface area contributed by atoms with Crippen LogP contribution in [0.3, 0.4) is 0 Å². The minimum Gasteiger partial charge on any atom is -0.310 e.